The van der Waals surface area contributed by atoms with E-state index in [0.717, 1.165) is 17.5 Å². The van der Waals surface area contributed by atoms with Crippen molar-refractivity contribution in [3.05, 3.63) is 59.7 Å². The van der Waals surface area contributed by atoms with Crippen molar-refractivity contribution in [3.8, 4) is 11.1 Å². The summed E-state index contributed by atoms with van der Waals surface area (Å²) >= 11 is 0. The summed E-state index contributed by atoms with van der Waals surface area (Å²) in [5.41, 5.74) is 3.88. The summed E-state index contributed by atoms with van der Waals surface area (Å²) in [6, 6.07) is 16.4. The van der Waals surface area contributed by atoms with Crippen LogP contribution in [0.15, 0.2) is 48.5 Å². The Morgan fingerprint density at radius 1 is 1.00 bits per heavy atom. The van der Waals surface area contributed by atoms with Crippen molar-refractivity contribution in [2.75, 3.05) is 19.7 Å². The molecule has 3 N–H and O–H groups in total. The molecule has 0 aliphatic heterocycles. The third-order valence-electron chi connectivity index (χ3n) is 7.09. The number of carboxylic acid groups (broad SMARTS) is 1. The van der Waals surface area contributed by atoms with Crippen LogP contribution in [0.5, 0.6) is 0 Å². The standard InChI is InChI=1S/C28H34N2O5/c1-18(2)13-19(14-25(31)30-17-28(11-12-28)26(32)33)15-29-27(34)35-16-24-22-9-5-3-7-20(22)21-8-4-6-10-23(21)24/h3-10,18-19,24H,11-17H2,1-2H3,(H,29,34)(H,30,31)(H,32,33). The highest BCUT2D eigenvalue weighted by Gasteiger charge is 2.50. The minimum Gasteiger partial charge on any atom is -0.481 e. The molecule has 0 spiro atoms. The molecule has 1 atom stereocenters. The van der Waals surface area contributed by atoms with Gasteiger partial charge in [-0.15, -0.1) is 0 Å². The maximum Gasteiger partial charge on any atom is 0.407 e. The number of carboxylic acids is 1. The lowest BCUT2D eigenvalue weighted by Gasteiger charge is -2.20. The maximum absolute atomic E-state index is 12.5. The lowest BCUT2D eigenvalue weighted by atomic mass is 9.93. The Morgan fingerprint density at radius 2 is 1.60 bits per heavy atom. The smallest absolute Gasteiger partial charge is 0.407 e. The topological polar surface area (TPSA) is 105 Å². The molecule has 2 amide bonds. The van der Waals surface area contributed by atoms with Crippen LogP contribution in [0.3, 0.4) is 0 Å². The molecule has 2 aromatic rings. The third kappa shape index (κ3) is 5.84. The van der Waals surface area contributed by atoms with Crippen molar-refractivity contribution < 1.29 is 24.2 Å². The van der Waals surface area contributed by atoms with E-state index in [9.17, 15) is 19.5 Å². The summed E-state index contributed by atoms with van der Waals surface area (Å²) in [7, 11) is 0. The van der Waals surface area contributed by atoms with E-state index in [0.29, 0.717) is 25.3 Å². The number of ether oxygens (including phenoxy) is 1. The fourth-order valence-corrected chi connectivity index (χ4v) is 5.00. The van der Waals surface area contributed by atoms with Crippen LogP contribution in [0.25, 0.3) is 11.1 Å². The molecule has 1 fully saturated rings. The van der Waals surface area contributed by atoms with E-state index in [1.54, 1.807) is 0 Å². The van der Waals surface area contributed by atoms with Gasteiger partial charge in [-0.2, -0.15) is 0 Å². The number of fused-ring (bicyclic) bond motifs is 3. The molecule has 2 aliphatic carbocycles. The predicted octanol–water partition coefficient (Wildman–Crippen LogP) is 4.56. The molecule has 0 aromatic heterocycles. The number of alkyl carbamates (subject to hydrolysis) is 1. The van der Waals surface area contributed by atoms with Gasteiger partial charge in [0.25, 0.3) is 0 Å². The molecule has 7 nitrogen and oxygen atoms in total. The molecule has 0 heterocycles. The van der Waals surface area contributed by atoms with Gasteiger partial charge in [-0.3, -0.25) is 9.59 Å². The largest absolute Gasteiger partial charge is 0.481 e. The Balaban J connectivity index is 1.28. The first-order chi connectivity index (χ1) is 16.8. The van der Waals surface area contributed by atoms with E-state index in [1.165, 1.54) is 11.1 Å². The summed E-state index contributed by atoms with van der Waals surface area (Å²) < 4.78 is 5.61. The molecule has 186 valence electrons. The maximum atomic E-state index is 12.5. The number of rotatable bonds is 11. The summed E-state index contributed by atoms with van der Waals surface area (Å²) in [6.07, 6.45) is 1.70. The van der Waals surface area contributed by atoms with Gasteiger partial charge >= 0.3 is 12.1 Å². The quantitative estimate of drug-likeness (QED) is 0.439. The van der Waals surface area contributed by atoms with E-state index < -0.39 is 17.5 Å². The van der Waals surface area contributed by atoms with Crippen LogP contribution < -0.4 is 10.6 Å². The zero-order valence-corrected chi connectivity index (χ0v) is 20.4. The van der Waals surface area contributed by atoms with E-state index in [1.807, 2.05) is 24.3 Å². The molecule has 0 radical (unpaired) electrons. The van der Waals surface area contributed by atoms with Gasteiger partial charge in [0.2, 0.25) is 5.91 Å². The molecule has 0 bridgehead atoms. The molecule has 35 heavy (non-hydrogen) atoms. The minimum absolute atomic E-state index is 0.00521. The number of amides is 2. The predicted molar refractivity (Wildman–Crippen MR) is 133 cm³/mol. The molecular formula is C28H34N2O5. The Hall–Kier alpha value is -3.35. The van der Waals surface area contributed by atoms with E-state index in [-0.39, 0.29) is 37.3 Å². The normalized spacial score (nSPS) is 16.2. The second kappa shape index (κ2) is 10.5. The SMILES string of the molecule is CC(C)CC(CNC(=O)OCC1c2ccccc2-c2ccccc21)CC(=O)NCC1(C(=O)O)CC1. The second-order valence-corrected chi connectivity index (χ2v) is 10.3. The fraction of sp³-hybridized carbons (Fsp3) is 0.464. The van der Waals surface area contributed by atoms with Crippen molar-refractivity contribution in [1.82, 2.24) is 10.6 Å². The highest BCUT2D eigenvalue weighted by Crippen LogP contribution is 2.45. The number of benzene rings is 2. The summed E-state index contributed by atoms with van der Waals surface area (Å²) in [4.78, 5) is 36.3. The number of nitrogens with one attached hydrogen (secondary N) is 2. The van der Waals surface area contributed by atoms with Gasteiger partial charge in [-0.25, -0.2) is 4.79 Å². The third-order valence-corrected chi connectivity index (χ3v) is 7.09. The molecular weight excluding hydrogens is 444 g/mol. The van der Waals surface area contributed by atoms with E-state index in [4.69, 9.17) is 4.74 Å². The Kier molecular flexibility index (Phi) is 7.43. The average molecular weight is 479 g/mol. The number of carbonyl (C=O) groups is 3. The van der Waals surface area contributed by atoms with Crippen LogP contribution in [0.2, 0.25) is 0 Å². The number of hydrogen-bond acceptors (Lipinski definition) is 4. The van der Waals surface area contributed by atoms with Crippen LogP contribution in [0, 0.1) is 17.3 Å². The lowest BCUT2D eigenvalue weighted by Crippen LogP contribution is -2.37. The number of aliphatic carboxylic acids is 1. The van der Waals surface area contributed by atoms with Gasteiger partial charge in [0.15, 0.2) is 0 Å². The van der Waals surface area contributed by atoms with Gasteiger partial charge in [0.05, 0.1) is 5.41 Å². The van der Waals surface area contributed by atoms with Crippen LogP contribution >= 0.6 is 0 Å². The van der Waals surface area contributed by atoms with Gasteiger partial charge in [0.1, 0.15) is 6.61 Å². The minimum atomic E-state index is -0.853. The zero-order chi connectivity index (χ0) is 25.0. The van der Waals surface area contributed by atoms with Gasteiger partial charge in [-0.05, 0) is 53.4 Å². The highest BCUT2D eigenvalue weighted by atomic mass is 16.5. The molecule has 7 heteroatoms. The average Bonchev–Trinajstić information content (AvgIpc) is 3.57. The van der Waals surface area contributed by atoms with Crippen LogP contribution in [-0.4, -0.2) is 42.8 Å². The highest BCUT2D eigenvalue weighted by molar-refractivity contribution is 5.81. The lowest BCUT2D eigenvalue weighted by molar-refractivity contribution is -0.143. The first kappa shape index (κ1) is 24.8. The number of carbonyl (C=O) groups excluding carboxylic acids is 2. The molecule has 2 aliphatic rings. The first-order valence-electron chi connectivity index (χ1n) is 12.4. The molecule has 4 rings (SSSR count). The summed E-state index contributed by atoms with van der Waals surface area (Å²) in [5.74, 6) is -0.748. The van der Waals surface area contributed by atoms with Crippen molar-refractivity contribution >= 4 is 18.0 Å². The summed E-state index contributed by atoms with van der Waals surface area (Å²) in [6.45, 7) is 4.87. The van der Waals surface area contributed by atoms with Crippen molar-refractivity contribution in [2.45, 2.75) is 45.4 Å². The van der Waals surface area contributed by atoms with Crippen LogP contribution in [-0.2, 0) is 14.3 Å². The fourth-order valence-electron chi connectivity index (χ4n) is 5.00. The Labute approximate surface area is 206 Å². The Bertz CT molecular complexity index is 1050. The van der Waals surface area contributed by atoms with Gasteiger partial charge in [-0.1, -0.05) is 62.4 Å². The molecule has 1 unspecified atom stereocenters. The summed E-state index contributed by atoms with van der Waals surface area (Å²) in [5, 5.41) is 14.9. The van der Waals surface area contributed by atoms with Crippen molar-refractivity contribution in [2.24, 2.45) is 17.3 Å². The Morgan fingerprint density at radius 3 is 2.14 bits per heavy atom. The molecule has 0 saturated heterocycles. The monoisotopic (exact) mass is 478 g/mol. The van der Waals surface area contributed by atoms with E-state index in [2.05, 4.69) is 48.7 Å². The zero-order valence-electron chi connectivity index (χ0n) is 20.4. The van der Waals surface area contributed by atoms with Gasteiger partial charge < -0.3 is 20.5 Å². The van der Waals surface area contributed by atoms with Crippen molar-refractivity contribution in [1.29, 1.82) is 0 Å². The van der Waals surface area contributed by atoms with E-state index >= 15 is 0 Å². The van der Waals surface area contributed by atoms with Gasteiger partial charge in [0, 0.05) is 25.4 Å². The molecule has 2 aromatic carbocycles. The number of hydrogen-bond donors (Lipinski definition) is 3. The van der Waals surface area contributed by atoms with Crippen LogP contribution in [0.1, 0.15) is 56.6 Å². The molecule has 1 saturated carbocycles. The van der Waals surface area contributed by atoms with Crippen molar-refractivity contribution in [3.63, 3.8) is 0 Å². The first-order valence-corrected chi connectivity index (χ1v) is 12.4. The van der Waals surface area contributed by atoms with Crippen LogP contribution in [0.4, 0.5) is 4.79 Å². The second-order valence-electron chi connectivity index (χ2n) is 10.3.